The molecule has 0 amide bonds. The van der Waals surface area contributed by atoms with Gasteiger partial charge in [-0.25, -0.2) is 4.39 Å². The Balaban J connectivity index is 2.07. The van der Waals surface area contributed by atoms with Crippen molar-refractivity contribution in [3.05, 3.63) is 0 Å². The maximum atomic E-state index is 12.8. The van der Waals surface area contributed by atoms with Crippen LogP contribution in [-0.2, 0) is 9.31 Å². The van der Waals surface area contributed by atoms with E-state index >= 15 is 0 Å². The summed E-state index contributed by atoms with van der Waals surface area (Å²) in [5, 5.41) is 0. The van der Waals surface area contributed by atoms with Gasteiger partial charge in [-0.3, -0.25) is 0 Å². The Bertz CT molecular complexity index is 214. The maximum Gasteiger partial charge on any atom is 0.464 e. The van der Waals surface area contributed by atoms with Gasteiger partial charge in [0.2, 0.25) is 0 Å². The van der Waals surface area contributed by atoms with Crippen molar-refractivity contribution >= 4 is 7.12 Å². The Morgan fingerprint density at radius 3 is 1.85 bits per heavy atom. The molecule has 1 heterocycles. The van der Waals surface area contributed by atoms with Gasteiger partial charge >= 0.3 is 7.12 Å². The SMILES string of the molecule is CC1(C)OB([C@@H]2C[C@H]2F)OC1(C)C. The Morgan fingerprint density at radius 2 is 1.54 bits per heavy atom. The fourth-order valence-electron chi connectivity index (χ4n) is 1.53. The van der Waals surface area contributed by atoms with Crippen LogP contribution in [0.3, 0.4) is 0 Å². The molecule has 13 heavy (non-hydrogen) atoms. The van der Waals surface area contributed by atoms with Crippen LogP contribution in [0.4, 0.5) is 4.39 Å². The van der Waals surface area contributed by atoms with Crippen molar-refractivity contribution in [1.29, 1.82) is 0 Å². The molecule has 0 aromatic rings. The zero-order chi connectivity index (χ0) is 9.85. The van der Waals surface area contributed by atoms with E-state index in [1.807, 2.05) is 27.7 Å². The standard InChI is InChI=1S/C9H16BFO2/c1-8(2)9(3,4)13-10(12-8)6-5-7(6)11/h6-7H,5H2,1-4H3/t6-,7-/m1/s1. The molecule has 1 saturated heterocycles. The molecule has 1 saturated carbocycles. The molecule has 0 aromatic heterocycles. The highest BCUT2D eigenvalue weighted by molar-refractivity contribution is 6.49. The van der Waals surface area contributed by atoms with Gasteiger partial charge in [-0.2, -0.15) is 0 Å². The summed E-state index contributed by atoms with van der Waals surface area (Å²) in [4.78, 5) is 0. The molecule has 0 radical (unpaired) electrons. The molecule has 1 aliphatic heterocycles. The van der Waals surface area contributed by atoms with Crippen molar-refractivity contribution < 1.29 is 13.7 Å². The van der Waals surface area contributed by atoms with Crippen LogP contribution < -0.4 is 0 Å². The average molecular weight is 186 g/mol. The summed E-state index contributed by atoms with van der Waals surface area (Å²) in [6, 6.07) is 0. The number of hydrogen-bond donors (Lipinski definition) is 0. The highest BCUT2D eigenvalue weighted by Crippen LogP contribution is 2.50. The normalized spacial score (nSPS) is 40.8. The maximum absolute atomic E-state index is 12.8. The van der Waals surface area contributed by atoms with Crippen molar-refractivity contribution in [2.75, 3.05) is 0 Å². The molecule has 1 aliphatic carbocycles. The number of rotatable bonds is 1. The van der Waals surface area contributed by atoms with E-state index in [1.54, 1.807) is 0 Å². The highest BCUT2D eigenvalue weighted by Gasteiger charge is 2.60. The van der Waals surface area contributed by atoms with Crippen LogP contribution in [0.1, 0.15) is 34.1 Å². The summed E-state index contributed by atoms with van der Waals surface area (Å²) in [7, 11) is -0.333. The Morgan fingerprint density at radius 1 is 1.15 bits per heavy atom. The van der Waals surface area contributed by atoms with Crippen LogP contribution in [0.25, 0.3) is 0 Å². The Labute approximate surface area is 78.9 Å². The molecule has 2 atom stereocenters. The van der Waals surface area contributed by atoms with Crippen molar-refractivity contribution in [2.45, 2.75) is 57.3 Å². The minimum Gasteiger partial charge on any atom is -0.403 e. The van der Waals surface area contributed by atoms with Crippen LogP contribution >= 0.6 is 0 Å². The van der Waals surface area contributed by atoms with Crippen LogP contribution in [0, 0.1) is 0 Å². The average Bonchev–Trinajstić information content (AvgIpc) is 2.58. The molecular formula is C9H16BFO2. The van der Waals surface area contributed by atoms with E-state index in [0.29, 0.717) is 6.42 Å². The van der Waals surface area contributed by atoms with Gasteiger partial charge in [0.15, 0.2) is 0 Å². The summed E-state index contributed by atoms with van der Waals surface area (Å²) in [6.45, 7) is 7.95. The van der Waals surface area contributed by atoms with Gasteiger partial charge in [0, 0.05) is 5.82 Å². The molecule has 0 N–H and O–H groups in total. The molecule has 0 aromatic carbocycles. The van der Waals surface area contributed by atoms with Gasteiger partial charge in [-0.05, 0) is 34.1 Å². The van der Waals surface area contributed by atoms with E-state index in [2.05, 4.69) is 0 Å². The van der Waals surface area contributed by atoms with E-state index in [0.717, 1.165) is 0 Å². The molecule has 2 nitrogen and oxygen atoms in total. The second kappa shape index (κ2) is 2.48. The highest BCUT2D eigenvalue weighted by atomic mass is 19.1. The van der Waals surface area contributed by atoms with Gasteiger partial charge in [-0.1, -0.05) is 0 Å². The molecule has 4 heteroatoms. The quantitative estimate of drug-likeness (QED) is 0.584. The molecule has 74 valence electrons. The monoisotopic (exact) mass is 186 g/mol. The first kappa shape index (κ1) is 9.47. The molecule has 0 bridgehead atoms. The second-order valence-electron chi connectivity index (χ2n) is 5.04. The first-order chi connectivity index (χ1) is 5.83. The van der Waals surface area contributed by atoms with Gasteiger partial charge in [0.05, 0.1) is 11.2 Å². The lowest BCUT2D eigenvalue weighted by molar-refractivity contribution is 0.00578. The first-order valence-electron chi connectivity index (χ1n) is 4.83. The van der Waals surface area contributed by atoms with Crippen molar-refractivity contribution in [3.63, 3.8) is 0 Å². The number of hydrogen-bond acceptors (Lipinski definition) is 2. The zero-order valence-corrected chi connectivity index (χ0v) is 8.63. The summed E-state index contributed by atoms with van der Waals surface area (Å²) >= 11 is 0. The van der Waals surface area contributed by atoms with E-state index in [9.17, 15) is 4.39 Å². The van der Waals surface area contributed by atoms with E-state index in [4.69, 9.17) is 9.31 Å². The third-order valence-corrected chi connectivity index (χ3v) is 3.38. The number of halogens is 1. The first-order valence-corrected chi connectivity index (χ1v) is 4.83. The topological polar surface area (TPSA) is 18.5 Å². The van der Waals surface area contributed by atoms with Crippen LogP contribution in [-0.4, -0.2) is 24.5 Å². The minimum atomic E-state index is -0.713. The molecule has 0 unspecified atom stereocenters. The predicted molar refractivity (Wildman–Crippen MR) is 49.3 cm³/mol. The fraction of sp³-hybridized carbons (Fsp3) is 1.00. The summed E-state index contributed by atoms with van der Waals surface area (Å²) in [5.41, 5.74) is -0.639. The number of alkyl halides is 1. The van der Waals surface area contributed by atoms with Crippen LogP contribution in [0.15, 0.2) is 0 Å². The van der Waals surface area contributed by atoms with E-state index in [-0.39, 0.29) is 24.1 Å². The summed E-state index contributed by atoms with van der Waals surface area (Å²) < 4.78 is 24.2. The predicted octanol–water partition coefficient (Wildman–Crippen LogP) is 2.19. The molecule has 2 rings (SSSR count). The fourth-order valence-corrected chi connectivity index (χ4v) is 1.53. The second-order valence-corrected chi connectivity index (χ2v) is 5.04. The summed E-state index contributed by atoms with van der Waals surface area (Å²) in [5.74, 6) is -0.0268. The van der Waals surface area contributed by atoms with Crippen molar-refractivity contribution in [2.24, 2.45) is 0 Å². The van der Waals surface area contributed by atoms with Gasteiger partial charge in [-0.15, -0.1) is 0 Å². The summed E-state index contributed by atoms with van der Waals surface area (Å²) in [6.07, 6.45) is -0.119. The molecule has 0 spiro atoms. The van der Waals surface area contributed by atoms with Crippen molar-refractivity contribution in [1.82, 2.24) is 0 Å². The molecular weight excluding hydrogens is 170 g/mol. The zero-order valence-electron chi connectivity index (χ0n) is 8.63. The van der Waals surface area contributed by atoms with E-state index < -0.39 is 6.17 Å². The van der Waals surface area contributed by atoms with E-state index in [1.165, 1.54) is 0 Å². The third kappa shape index (κ3) is 1.40. The van der Waals surface area contributed by atoms with Crippen LogP contribution in [0.5, 0.6) is 0 Å². The van der Waals surface area contributed by atoms with Gasteiger partial charge in [0.25, 0.3) is 0 Å². The lowest BCUT2D eigenvalue weighted by Crippen LogP contribution is -2.41. The third-order valence-electron chi connectivity index (χ3n) is 3.38. The largest absolute Gasteiger partial charge is 0.464 e. The Hall–Kier alpha value is -0.0851. The molecule has 2 aliphatic rings. The molecule has 2 fully saturated rings. The lowest BCUT2D eigenvalue weighted by Gasteiger charge is -2.32. The van der Waals surface area contributed by atoms with Gasteiger partial charge < -0.3 is 9.31 Å². The van der Waals surface area contributed by atoms with Crippen LogP contribution in [0.2, 0.25) is 5.82 Å². The van der Waals surface area contributed by atoms with Gasteiger partial charge in [0.1, 0.15) is 6.17 Å². The smallest absolute Gasteiger partial charge is 0.403 e. The lowest BCUT2D eigenvalue weighted by atomic mass is 9.82. The van der Waals surface area contributed by atoms with Crippen molar-refractivity contribution in [3.8, 4) is 0 Å². The Kier molecular flexibility index (Phi) is 1.81. The minimum absolute atomic E-state index is 0.0268.